The van der Waals surface area contributed by atoms with E-state index in [1.165, 1.54) is 5.69 Å². The van der Waals surface area contributed by atoms with Crippen molar-refractivity contribution >= 4 is 11.6 Å². The van der Waals surface area contributed by atoms with Crippen LogP contribution < -0.4 is 14.4 Å². The van der Waals surface area contributed by atoms with Gasteiger partial charge in [0.2, 0.25) is 5.91 Å². The molecule has 0 spiro atoms. The van der Waals surface area contributed by atoms with Gasteiger partial charge in [0, 0.05) is 38.3 Å². The van der Waals surface area contributed by atoms with Crippen LogP contribution >= 0.6 is 0 Å². The van der Waals surface area contributed by atoms with Crippen LogP contribution in [-0.2, 0) is 4.79 Å². The molecule has 1 saturated heterocycles. The van der Waals surface area contributed by atoms with E-state index in [2.05, 4.69) is 17.0 Å². The van der Waals surface area contributed by atoms with E-state index in [-0.39, 0.29) is 5.91 Å². The first-order chi connectivity index (χ1) is 13.2. The maximum Gasteiger partial charge on any atom is 0.222 e. The van der Waals surface area contributed by atoms with Crippen molar-refractivity contribution in [3.8, 4) is 11.5 Å². The van der Waals surface area contributed by atoms with E-state index in [0.717, 1.165) is 49.7 Å². The van der Waals surface area contributed by atoms with Gasteiger partial charge in [-0.15, -0.1) is 0 Å². The Kier molecular flexibility index (Phi) is 6.58. The smallest absolute Gasteiger partial charge is 0.222 e. The Hall–Kier alpha value is -2.69. The molecule has 0 aromatic heterocycles. The molecule has 0 bridgehead atoms. The third-order valence-corrected chi connectivity index (χ3v) is 4.96. The average Bonchev–Trinajstić information content (AvgIpc) is 2.72. The van der Waals surface area contributed by atoms with Crippen LogP contribution in [0, 0.1) is 6.92 Å². The lowest BCUT2D eigenvalue weighted by Crippen LogP contribution is -2.48. The van der Waals surface area contributed by atoms with Gasteiger partial charge in [-0.3, -0.25) is 4.79 Å². The van der Waals surface area contributed by atoms with E-state index in [1.807, 2.05) is 48.2 Å². The normalized spacial score (nSPS) is 14.1. The number of hydrogen-bond donors (Lipinski definition) is 0. The van der Waals surface area contributed by atoms with Crippen LogP contribution in [0.3, 0.4) is 0 Å². The number of carbonyl (C=O) groups is 1. The van der Waals surface area contributed by atoms with Crippen molar-refractivity contribution in [3.63, 3.8) is 0 Å². The van der Waals surface area contributed by atoms with Gasteiger partial charge >= 0.3 is 0 Å². The second-order valence-electron chi connectivity index (χ2n) is 6.78. The molecule has 1 aliphatic rings. The Morgan fingerprint density at radius 2 is 1.70 bits per heavy atom. The van der Waals surface area contributed by atoms with Crippen LogP contribution in [0.15, 0.2) is 48.5 Å². The predicted octanol–water partition coefficient (Wildman–Crippen LogP) is 3.51. The van der Waals surface area contributed by atoms with Crippen LogP contribution in [0.25, 0.3) is 0 Å². The molecule has 0 radical (unpaired) electrons. The zero-order valence-electron chi connectivity index (χ0n) is 16.2. The number of methoxy groups -OCH3 is 1. The number of aryl methyl sites for hydroxylation is 1. The molecule has 0 saturated carbocycles. The Bertz CT molecular complexity index is 737. The number of carbonyl (C=O) groups excluding carboxylic acids is 1. The van der Waals surface area contributed by atoms with Crippen molar-refractivity contribution in [1.29, 1.82) is 0 Å². The lowest BCUT2D eigenvalue weighted by molar-refractivity contribution is -0.131. The van der Waals surface area contributed by atoms with E-state index in [9.17, 15) is 4.79 Å². The van der Waals surface area contributed by atoms with E-state index >= 15 is 0 Å². The summed E-state index contributed by atoms with van der Waals surface area (Å²) in [7, 11) is 1.67. The molecule has 144 valence electrons. The molecular weight excluding hydrogens is 340 g/mol. The fourth-order valence-electron chi connectivity index (χ4n) is 3.29. The largest absolute Gasteiger partial charge is 0.497 e. The zero-order chi connectivity index (χ0) is 19.1. The summed E-state index contributed by atoms with van der Waals surface area (Å²) in [6.07, 6.45) is 1.28. The van der Waals surface area contributed by atoms with Gasteiger partial charge in [-0.2, -0.15) is 0 Å². The number of nitrogens with zero attached hydrogens (tertiary/aromatic N) is 2. The van der Waals surface area contributed by atoms with Crippen molar-refractivity contribution in [1.82, 2.24) is 4.90 Å². The number of hydrogen-bond acceptors (Lipinski definition) is 4. The van der Waals surface area contributed by atoms with E-state index in [0.29, 0.717) is 13.0 Å². The molecule has 5 nitrogen and oxygen atoms in total. The molecule has 0 atom stereocenters. The molecule has 0 N–H and O–H groups in total. The Morgan fingerprint density at radius 3 is 2.37 bits per heavy atom. The molecule has 5 heteroatoms. The molecule has 2 aromatic rings. The maximum absolute atomic E-state index is 12.4. The molecule has 1 aliphatic heterocycles. The quantitative estimate of drug-likeness (QED) is 0.702. The number of para-hydroxylation sites is 1. The number of amides is 1. The Morgan fingerprint density at radius 1 is 1.00 bits per heavy atom. The van der Waals surface area contributed by atoms with E-state index in [4.69, 9.17) is 9.47 Å². The zero-order valence-corrected chi connectivity index (χ0v) is 16.2. The van der Waals surface area contributed by atoms with Gasteiger partial charge in [0.25, 0.3) is 0 Å². The highest BCUT2D eigenvalue weighted by atomic mass is 16.5. The molecule has 1 amide bonds. The van der Waals surface area contributed by atoms with Gasteiger partial charge in [0.05, 0.1) is 13.7 Å². The van der Waals surface area contributed by atoms with Gasteiger partial charge in [-0.1, -0.05) is 18.2 Å². The summed E-state index contributed by atoms with van der Waals surface area (Å²) in [4.78, 5) is 16.7. The lowest BCUT2D eigenvalue weighted by Gasteiger charge is -2.36. The third kappa shape index (κ3) is 5.16. The maximum atomic E-state index is 12.4. The van der Waals surface area contributed by atoms with Crippen molar-refractivity contribution in [2.24, 2.45) is 0 Å². The highest BCUT2D eigenvalue weighted by Gasteiger charge is 2.21. The minimum absolute atomic E-state index is 0.220. The number of benzene rings is 2. The Labute approximate surface area is 161 Å². The molecule has 1 heterocycles. The summed E-state index contributed by atoms with van der Waals surface area (Å²) in [5, 5.41) is 0. The standard InChI is InChI=1S/C22H28N2O3/c1-18-6-3-4-7-21(18)27-17-5-8-22(25)24-15-13-23(14-16-24)19-9-11-20(26-2)12-10-19/h3-4,6-7,9-12H,5,8,13-17H2,1-2H3. The molecule has 27 heavy (non-hydrogen) atoms. The summed E-state index contributed by atoms with van der Waals surface area (Å²) in [6, 6.07) is 16.0. The van der Waals surface area contributed by atoms with Gasteiger partial charge < -0.3 is 19.3 Å². The second kappa shape index (κ2) is 9.31. The first kappa shape index (κ1) is 19.1. The summed E-state index contributed by atoms with van der Waals surface area (Å²) >= 11 is 0. The summed E-state index contributed by atoms with van der Waals surface area (Å²) < 4.78 is 11.0. The van der Waals surface area contributed by atoms with Crippen molar-refractivity contribution in [3.05, 3.63) is 54.1 Å². The van der Waals surface area contributed by atoms with Crippen LogP contribution in [0.4, 0.5) is 5.69 Å². The van der Waals surface area contributed by atoms with Crippen LogP contribution in [0.1, 0.15) is 18.4 Å². The first-order valence-electron chi connectivity index (χ1n) is 9.52. The lowest BCUT2D eigenvalue weighted by atomic mass is 10.2. The second-order valence-corrected chi connectivity index (χ2v) is 6.78. The fraction of sp³-hybridized carbons (Fsp3) is 0.409. The summed E-state index contributed by atoms with van der Waals surface area (Å²) in [5.74, 6) is 1.98. The highest BCUT2D eigenvalue weighted by molar-refractivity contribution is 5.76. The van der Waals surface area contributed by atoms with E-state index in [1.54, 1.807) is 7.11 Å². The van der Waals surface area contributed by atoms with E-state index < -0.39 is 0 Å². The van der Waals surface area contributed by atoms with Crippen molar-refractivity contribution in [2.45, 2.75) is 19.8 Å². The topological polar surface area (TPSA) is 42.0 Å². The molecule has 3 rings (SSSR count). The highest BCUT2D eigenvalue weighted by Crippen LogP contribution is 2.21. The molecular formula is C22H28N2O3. The van der Waals surface area contributed by atoms with Crippen molar-refractivity contribution in [2.75, 3.05) is 44.8 Å². The number of rotatable bonds is 7. The first-order valence-corrected chi connectivity index (χ1v) is 9.52. The number of ether oxygens (including phenoxy) is 2. The molecule has 0 aliphatic carbocycles. The fourth-order valence-corrected chi connectivity index (χ4v) is 3.29. The minimum Gasteiger partial charge on any atom is -0.497 e. The molecule has 2 aromatic carbocycles. The van der Waals surface area contributed by atoms with Crippen LogP contribution in [-0.4, -0.2) is 50.7 Å². The monoisotopic (exact) mass is 368 g/mol. The van der Waals surface area contributed by atoms with Crippen LogP contribution in [0.5, 0.6) is 11.5 Å². The summed E-state index contributed by atoms with van der Waals surface area (Å²) in [5.41, 5.74) is 2.30. The van der Waals surface area contributed by atoms with Crippen molar-refractivity contribution < 1.29 is 14.3 Å². The van der Waals surface area contributed by atoms with Gasteiger partial charge in [-0.25, -0.2) is 0 Å². The molecule has 1 fully saturated rings. The van der Waals surface area contributed by atoms with Gasteiger partial charge in [0.15, 0.2) is 0 Å². The summed E-state index contributed by atoms with van der Waals surface area (Å²) in [6.45, 7) is 5.85. The number of anilines is 1. The Balaban J connectivity index is 1.38. The van der Waals surface area contributed by atoms with Gasteiger partial charge in [-0.05, 0) is 49.2 Å². The molecule has 0 unspecified atom stereocenters. The number of piperazine rings is 1. The van der Waals surface area contributed by atoms with Gasteiger partial charge in [0.1, 0.15) is 11.5 Å². The third-order valence-electron chi connectivity index (χ3n) is 4.96. The minimum atomic E-state index is 0.220. The van der Waals surface area contributed by atoms with Crippen LogP contribution in [0.2, 0.25) is 0 Å². The average molecular weight is 368 g/mol. The predicted molar refractivity (Wildman–Crippen MR) is 108 cm³/mol. The SMILES string of the molecule is COc1ccc(N2CCN(C(=O)CCCOc3ccccc3C)CC2)cc1.